The van der Waals surface area contributed by atoms with Crippen LogP contribution in [0.3, 0.4) is 0 Å². The van der Waals surface area contributed by atoms with Crippen molar-refractivity contribution in [3.63, 3.8) is 0 Å². The molecule has 5 rings (SSSR count). The van der Waals surface area contributed by atoms with Gasteiger partial charge in [-0.2, -0.15) is 0 Å². The molecule has 1 aliphatic carbocycles. The van der Waals surface area contributed by atoms with Crippen LogP contribution in [0.5, 0.6) is 11.5 Å². The predicted octanol–water partition coefficient (Wildman–Crippen LogP) is 6.92. The van der Waals surface area contributed by atoms with Gasteiger partial charge in [0.05, 0.1) is 16.5 Å². The lowest BCUT2D eigenvalue weighted by atomic mass is 9.97. The second kappa shape index (κ2) is 9.49. The Balaban J connectivity index is 1.53. The Bertz CT molecular complexity index is 1400. The topological polar surface area (TPSA) is 64.2 Å². The molecule has 0 atom stereocenters. The Kier molecular flexibility index (Phi) is 6.45. The lowest BCUT2D eigenvalue weighted by Crippen LogP contribution is -2.11. The number of nitrogens with one attached hydrogen (secondary N) is 1. The summed E-state index contributed by atoms with van der Waals surface area (Å²) in [5.41, 5.74) is 2.74. The maximum Gasteiger partial charge on any atom is 0.260 e. The van der Waals surface area contributed by atoms with Crippen molar-refractivity contribution in [2.24, 2.45) is 0 Å². The van der Waals surface area contributed by atoms with Crippen molar-refractivity contribution < 1.29 is 9.47 Å². The quantitative estimate of drug-likeness (QED) is 0.285. The molecule has 2 heterocycles. The average Bonchev–Trinajstić information content (AvgIpc) is 3.18. The Morgan fingerprint density at radius 1 is 1.18 bits per heavy atom. The fraction of sp³-hybridized carbons (Fsp3) is 0.280. The van der Waals surface area contributed by atoms with Gasteiger partial charge in [-0.25, -0.2) is 4.98 Å². The average molecular weight is 546 g/mol. The number of nitrogens with zero attached hydrogens (tertiary/aromatic N) is 1. The summed E-state index contributed by atoms with van der Waals surface area (Å²) in [6.07, 6.45) is 4.28. The number of thiophene rings is 1. The van der Waals surface area contributed by atoms with Gasteiger partial charge in [-0.3, -0.25) is 4.79 Å². The van der Waals surface area contributed by atoms with E-state index in [1.165, 1.54) is 16.9 Å². The molecule has 0 saturated carbocycles. The number of benzene rings is 2. The van der Waals surface area contributed by atoms with Gasteiger partial charge in [0.1, 0.15) is 17.3 Å². The number of fused-ring (bicyclic) bond motifs is 3. The molecule has 0 amide bonds. The number of H-pyrrole nitrogens is 1. The SMILES string of the molecule is CCOc1cc(-c2nc3sc4c(c3c(=O)[nH]2)CCCC4)cc(Br)c1OCc1ccccc1Cl. The van der Waals surface area contributed by atoms with Gasteiger partial charge < -0.3 is 14.5 Å². The first-order valence-corrected chi connectivity index (χ1v) is 12.9. The number of aromatic amines is 1. The van der Waals surface area contributed by atoms with E-state index in [9.17, 15) is 4.79 Å². The van der Waals surface area contributed by atoms with Gasteiger partial charge in [-0.15, -0.1) is 11.3 Å². The summed E-state index contributed by atoms with van der Waals surface area (Å²) in [7, 11) is 0. The highest BCUT2D eigenvalue weighted by Crippen LogP contribution is 2.41. The highest BCUT2D eigenvalue weighted by molar-refractivity contribution is 9.10. The van der Waals surface area contributed by atoms with Gasteiger partial charge >= 0.3 is 0 Å². The lowest BCUT2D eigenvalue weighted by Gasteiger charge is -2.16. The van der Waals surface area contributed by atoms with E-state index in [1.54, 1.807) is 11.3 Å². The highest BCUT2D eigenvalue weighted by atomic mass is 79.9. The lowest BCUT2D eigenvalue weighted by molar-refractivity contribution is 0.268. The van der Waals surface area contributed by atoms with Crippen molar-refractivity contribution in [2.45, 2.75) is 39.2 Å². The number of halogens is 2. The van der Waals surface area contributed by atoms with E-state index in [0.717, 1.165) is 40.6 Å². The predicted molar refractivity (Wildman–Crippen MR) is 137 cm³/mol. The van der Waals surface area contributed by atoms with Crippen LogP contribution in [0, 0.1) is 0 Å². The molecule has 5 nitrogen and oxygen atoms in total. The van der Waals surface area contributed by atoms with Crippen LogP contribution in [0.4, 0.5) is 0 Å². The second-order valence-corrected chi connectivity index (χ2v) is 10.2. The number of ether oxygens (including phenoxy) is 2. The summed E-state index contributed by atoms with van der Waals surface area (Å²) in [6.45, 7) is 2.69. The third-order valence-corrected chi connectivity index (χ3v) is 7.88. The molecular formula is C25H22BrClN2O3S. The minimum atomic E-state index is -0.0810. The van der Waals surface area contributed by atoms with Gasteiger partial charge in [0.15, 0.2) is 11.5 Å². The fourth-order valence-electron chi connectivity index (χ4n) is 4.17. The standard InChI is InChI=1S/C25H22BrClN2O3S/c1-2-31-19-12-15(11-17(26)22(19)32-13-14-7-3-5-9-18(14)27)23-28-24(30)21-16-8-4-6-10-20(16)33-25(21)29-23/h3,5,7,9,11-12H,2,4,6,8,10,13H2,1H3,(H,28,29,30). The highest BCUT2D eigenvalue weighted by Gasteiger charge is 2.21. The molecule has 0 spiro atoms. The molecule has 8 heteroatoms. The van der Waals surface area contributed by atoms with E-state index >= 15 is 0 Å². The minimum Gasteiger partial charge on any atom is -0.490 e. The van der Waals surface area contributed by atoms with Crippen LogP contribution in [-0.4, -0.2) is 16.6 Å². The number of aryl methyl sites for hydroxylation is 2. The van der Waals surface area contributed by atoms with E-state index in [0.29, 0.717) is 40.0 Å². The van der Waals surface area contributed by atoms with Crippen molar-refractivity contribution in [3.8, 4) is 22.9 Å². The van der Waals surface area contributed by atoms with Crippen LogP contribution in [0.1, 0.15) is 35.8 Å². The summed E-state index contributed by atoms with van der Waals surface area (Å²) in [5.74, 6) is 1.67. The second-order valence-electron chi connectivity index (χ2n) is 7.90. The molecule has 0 saturated heterocycles. The summed E-state index contributed by atoms with van der Waals surface area (Å²) in [5, 5.41) is 1.40. The molecule has 1 aliphatic rings. The monoisotopic (exact) mass is 544 g/mol. The van der Waals surface area contributed by atoms with Crippen molar-refractivity contribution in [1.82, 2.24) is 9.97 Å². The van der Waals surface area contributed by atoms with Crippen LogP contribution in [0.15, 0.2) is 45.7 Å². The molecular weight excluding hydrogens is 524 g/mol. The minimum absolute atomic E-state index is 0.0810. The summed E-state index contributed by atoms with van der Waals surface area (Å²) in [4.78, 5) is 22.9. The van der Waals surface area contributed by atoms with Crippen molar-refractivity contribution in [2.75, 3.05) is 6.61 Å². The van der Waals surface area contributed by atoms with Crippen LogP contribution in [0.2, 0.25) is 5.02 Å². The maximum absolute atomic E-state index is 13.0. The third-order valence-electron chi connectivity index (χ3n) is 5.74. The van der Waals surface area contributed by atoms with E-state index < -0.39 is 0 Å². The van der Waals surface area contributed by atoms with E-state index in [4.69, 9.17) is 26.1 Å². The van der Waals surface area contributed by atoms with Crippen LogP contribution < -0.4 is 15.0 Å². The molecule has 0 aliphatic heterocycles. The van der Waals surface area contributed by atoms with Crippen LogP contribution in [-0.2, 0) is 19.4 Å². The van der Waals surface area contributed by atoms with Crippen molar-refractivity contribution >= 4 is 49.1 Å². The zero-order chi connectivity index (χ0) is 22.9. The Morgan fingerprint density at radius 2 is 2.00 bits per heavy atom. The number of aromatic nitrogens is 2. The zero-order valence-corrected chi connectivity index (χ0v) is 21.2. The van der Waals surface area contributed by atoms with Gasteiger partial charge in [0.25, 0.3) is 5.56 Å². The number of hydrogen-bond donors (Lipinski definition) is 1. The molecule has 2 aromatic heterocycles. The largest absolute Gasteiger partial charge is 0.490 e. The van der Waals surface area contributed by atoms with E-state index in [2.05, 4.69) is 20.9 Å². The van der Waals surface area contributed by atoms with Crippen molar-refractivity contribution in [3.05, 3.63) is 72.3 Å². The maximum atomic E-state index is 13.0. The van der Waals surface area contributed by atoms with Gasteiger partial charge in [0.2, 0.25) is 0 Å². The molecule has 4 aromatic rings. The number of hydrogen-bond acceptors (Lipinski definition) is 5. The Labute approximate surface area is 208 Å². The zero-order valence-electron chi connectivity index (χ0n) is 18.0. The van der Waals surface area contributed by atoms with E-state index in [1.807, 2.05) is 43.3 Å². The molecule has 1 N–H and O–H groups in total. The Morgan fingerprint density at radius 3 is 2.82 bits per heavy atom. The van der Waals surface area contributed by atoms with Crippen LogP contribution >= 0.6 is 38.9 Å². The molecule has 0 unspecified atom stereocenters. The molecule has 170 valence electrons. The first kappa shape index (κ1) is 22.4. The number of rotatable bonds is 6. The van der Waals surface area contributed by atoms with Gasteiger partial charge in [0, 0.05) is 21.0 Å². The van der Waals surface area contributed by atoms with Gasteiger partial charge in [-0.1, -0.05) is 29.8 Å². The molecule has 2 aromatic carbocycles. The summed E-state index contributed by atoms with van der Waals surface area (Å²) >= 11 is 11.5. The molecule has 0 fully saturated rings. The normalized spacial score (nSPS) is 13.2. The van der Waals surface area contributed by atoms with Gasteiger partial charge in [-0.05, 0) is 72.3 Å². The first-order chi connectivity index (χ1) is 16.0. The molecule has 33 heavy (non-hydrogen) atoms. The van der Waals surface area contributed by atoms with Crippen molar-refractivity contribution in [1.29, 1.82) is 0 Å². The first-order valence-electron chi connectivity index (χ1n) is 10.9. The molecule has 0 radical (unpaired) electrons. The van der Waals surface area contributed by atoms with Crippen LogP contribution in [0.25, 0.3) is 21.6 Å². The summed E-state index contributed by atoms with van der Waals surface area (Å²) < 4.78 is 12.7. The van der Waals surface area contributed by atoms with E-state index in [-0.39, 0.29) is 5.56 Å². The fourth-order valence-corrected chi connectivity index (χ4v) is 6.18. The Hall–Kier alpha value is -2.35. The smallest absolute Gasteiger partial charge is 0.260 e. The third kappa shape index (κ3) is 4.42. The summed E-state index contributed by atoms with van der Waals surface area (Å²) in [6, 6.07) is 11.3. The molecule has 0 bridgehead atoms.